The number of carbonyl (C=O) groups is 2. The molecule has 0 aromatic carbocycles. The van der Waals surface area contributed by atoms with E-state index in [2.05, 4.69) is 10.3 Å². The summed E-state index contributed by atoms with van der Waals surface area (Å²) in [6.45, 7) is 1.89. The summed E-state index contributed by atoms with van der Waals surface area (Å²) < 4.78 is 0. The second kappa shape index (κ2) is 5.31. The summed E-state index contributed by atoms with van der Waals surface area (Å²) >= 11 is 0. The second-order valence-corrected chi connectivity index (χ2v) is 5.85. The fourth-order valence-electron chi connectivity index (χ4n) is 3.56. The van der Waals surface area contributed by atoms with Crippen LogP contribution in [-0.4, -0.2) is 22.0 Å². The van der Waals surface area contributed by atoms with Gasteiger partial charge in [0.15, 0.2) is 0 Å². The van der Waals surface area contributed by atoms with Crippen molar-refractivity contribution in [3.8, 4) is 0 Å². The Morgan fingerprint density at radius 3 is 2.48 bits per heavy atom. The van der Waals surface area contributed by atoms with E-state index in [4.69, 9.17) is 0 Å². The molecule has 5 nitrogen and oxygen atoms in total. The van der Waals surface area contributed by atoms with E-state index in [1.54, 1.807) is 12.4 Å². The van der Waals surface area contributed by atoms with Gasteiger partial charge in [-0.05, 0) is 42.9 Å². The minimum absolute atomic E-state index is 0.000480. The van der Waals surface area contributed by atoms with E-state index in [0.717, 1.165) is 12.0 Å². The molecular weight excluding hydrogens is 268 g/mol. The first-order valence-corrected chi connectivity index (χ1v) is 7.19. The molecule has 0 saturated heterocycles. The Morgan fingerprint density at radius 1 is 1.24 bits per heavy atom. The van der Waals surface area contributed by atoms with Crippen LogP contribution in [0, 0.1) is 23.7 Å². The highest BCUT2D eigenvalue weighted by Gasteiger charge is 2.51. The van der Waals surface area contributed by atoms with Crippen LogP contribution in [0.5, 0.6) is 0 Å². The predicted octanol–water partition coefficient (Wildman–Crippen LogP) is 1.78. The van der Waals surface area contributed by atoms with Gasteiger partial charge in [-0.15, -0.1) is 0 Å². The molecule has 0 spiro atoms. The average Bonchev–Trinajstić information content (AvgIpc) is 3.08. The molecule has 2 unspecified atom stereocenters. The van der Waals surface area contributed by atoms with E-state index in [1.807, 2.05) is 31.2 Å². The first-order chi connectivity index (χ1) is 10.1. The lowest BCUT2D eigenvalue weighted by molar-refractivity contribution is -0.148. The van der Waals surface area contributed by atoms with Crippen LogP contribution in [0.2, 0.25) is 0 Å². The molecule has 0 aliphatic heterocycles. The maximum atomic E-state index is 12.5. The third kappa shape index (κ3) is 2.44. The van der Waals surface area contributed by atoms with Gasteiger partial charge in [-0.1, -0.05) is 12.2 Å². The molecule has 1 amide bonds. The molecule has 1 fully saturated rings. The highest BCUT2D eigenvalue weighted by molar-refractivity contribution is 5.87. The lowest BCUT2D eigenvalue weighted by Gasteiger charge is -2.25. The minimum Gasteiger partial charge on any atom is -0.481 e. The molecule has 5 atom stereocenters. The zero-order chi connectivity index (χ0) is 15.0. The fourth-order valence-corrected chi connectivity index (χ4v) is 3.56. The van der Waals surface area contributed by atoms with Crippen molar-refractivity contribution >= 4 is 11.9 Å². The minimum atomic E-state index is -0.872. The van der Waals surface area contributed by atoms with Crippen molar-refractivity contribution in [2.24, 2.45) is 23.7 Å². The van der Waals surface area contributed by atoms with Crippen molar-refractivity contribution in [3.63, 3.8) is 0 Å². The molecule has 5 heteroatoms. The third-order valence-corrected chi connectivity index (χ3v) is 4.61. The van der Waals surface area contributed by atoms with Gasteiger partial charge >= 0.3 is 5.97 Å². The zero-order valence-corrected chi connectivity index (χ0v) is 11.8. The van der Waals surface area contributed by atoms with Gasteiger partial charge < -0.3 is 10.4 Å². The number of carboxylic acid groups (broad SMARTS) is 1. The van der Waals surface area contributed by atoms with Crippen molar-refractivity contribution in [3.05, 3.63) is 42.2 Å². The third-order valence-electron chi connectivity index (χ3n) is 4.61. The topological polar surface area (TPSA) is 79.3 Å². The Hall–Kier alpha value is -2.17. The number of rotatable bonds is 4. The number of pyridine rings is 1. The highest BCUT2D eigenvalue weighted by atomic mass is 16.4. The van der Waals surface area contributed by atoms with Gasteiger partial charge in [-0.3, -0.25) is 14.6 Å². The van der Waals surface area contributed by atoms with Crippen LogP contribution in [-0.2, 0) is 9.59 Å². The van der Waals surface area contributed by atoms with E-state index >= 15 is 0 Å². The summed E-state index contributed by atoms with van der Waals surface area (Å²) in [5.74, 6) is -2.03. The van der Waals surface area contributed by atoms with E-state index in [-0.39, 0.29) is 23.8 Å². The van der Waals surface area contributed by atoms with E-state index in [1.165, 1.54) is 0 Å². The van der Waals surface area contributed by atoms with Crippen molar-refractivity contribution in [1.29, 1.82) is 0 Å². The van der Waals surface area contributed by atoms with Crippen molar-refractivity contribution in [2.75, 3.05) is 0 Å². The molecule has 1 aromatic rings. The number of carboxylic acids is 1. The molecular formula is C16H18N2O3. The summed E-state index contributed by atoms with van der Waals surface area (Å²) in [6.07, 6.45) is 8.07. The zero-order valence-electron chi connectivity index (χ0n) is 11.8. The van der Waals surface area contributed by atoms with Crippen LogP contribution in [0.4, 0.5) is 0 Å². The molecule has 1 heterocycles. The standard InChI is InChI=1S/C16H18N2O3/c1-9(10-4-6-17-7-5-10)18-15(19)13-11-2-3-12(8-11)14(13)16(20)21/h2-7,9,11-14H,8H2,1H3,(H,18,19)(H,20,21)/t9-,11?,12?,13+,14-/m1/s1. The van der Waals surface area contributed by atoms with Crippen LogP contribution in [0.1, 0.15) is 24.9 Å². The van der Waals surface area contributed by atoms with E-state index in [0.29, 0.717) is 0 Å². The number of carbonyl (C=O) groups excluding carboxylic acids is 1. The van der Waals surface area contributed by atoms with Gasteiger partial charge in [0.25, 0.3) is 0 Å². The molecule has 110 valence electrons. The lowest BCUT2D eigenvalue weighted by atomic mass is 9.82. The fraction of sp³-hybridized carbons (Fsp3) is 0.438. The number of fused-ring (bicyclic) bond motifs is 2. The Labute approximate surface area is 123 Å². The molecule has 2 N–H and O–H groups in total. The monoisotopic (exact) mass is 286 g/mol. The number of hydrogen-bond donors (Lipinski definition) is 2. The van der Waals surface area contributed by atoms with Gasteiger partial charge in [0, 0.05) is 12.4 Å². The molecule has 21 heavy (non-hydrogen) atoms. The summed E-state index contributed by atoms with van der Waals surface area (Å²) in [7, 11) is 0. The van der Waals surface area contributed by atoms with E-state index < -0.39 is 17.8 Å². The number of aromatic nitrogens is 1. The molecule has 2 aliphatic carbocycles. The quantitative estimate of drug-likeness (QED) is 0.827. The maximum Gasteiger partial charge on any atom is 0.307 e. The SMILES string of the molecule is C[C@@H](NC(=O)[C@H]1C2C=CC(C2)[C@H]1C(=O)O)c1ccncc1. The van der Waals surface area contributed by atoms with Crippen molar-refractivity contribution in [1.82, 2.24) is 10.3 Å². The van der Waals surface area contributed by atoms with Gasteiger partial charge in [0.1, 0.15) is 0 Å². The predicted molar refractivity (Wildman–Crippen MR) is 76.1 cm³/mol. The number of amides is 1. The first kappa shape index (κ1) is 13.8. The van der Waals surface area contributed by atoms with Crippen LogP contribution >= 0.6 is 0 Å². The Balaban J connectivity index is 1.73. The molecule has 2 bridgehead atoms. The van der Waals surface area contributed by atoms with Gasteiger partial charge in [0.05, 0.1) is 17.9 Å². The summed E-state index contributed by atoms with van der Waals surface area (Å²) in [5.41, 5.74) is 0.962. The second-order valence-electron chi connectivity index (χ2n) is 5.85. The van der Waals surface area contributed by atoms with Gasteiger partial charge in [-0.2, -0.15) is 0 Å². The van der Waals surface area contributed by atoms with Gasteiger partial charge in [-0.25, -0.2) is 0 Å². The maximum absolute atomic E-state index is 12.5. The first-order valence-electron chi connectivity index (χ1n) is 7.19. The van der Waals surface area contributed by atoms with Crippen LogP contribution in [0.25, 0.3) is 0 Å². The number of allylic oxidation sites excluding steroid dienone is 2. The largest absolute Gasteiger partial charge is 0.481 e. The molecule has 1 saturated carbocycles. The van der Waals surface area contributed by atoms with E-state index in [9.17, 15) is 14.7 Å². The van der Waals surface area contributed by atoms with Crippen molar-refractivity contribution < 1.29 is 14.7 Å². The molecule has 0 radical (unpaired) electrons. The normalized spacial score (nSPS) is 31.1. The van der Waals surface area contributed by atoms with Crippen LogP contribution < -0.4 is 5.32 Å². The van der Waals surface area contributed by atoms with Crippen LogP contribution in [0.15, 0.2) is 36.7 Å². The molecule has 2 aliphatic rings. The average molecular weight is 286 g/mol. The number of hydrogen-bond acceptors (Lipinski definition) is 3. The molecule has 1 aromatic heterocycles. The summed E-state index contributed by atoms with van der Waals surface area (Å²) in [5, 5.41) is 12.3. The number of nitrogens with zero attached hydrogens (tertiary/aromatic N) is 1. The Bertz CT molecular complexity index is 584. The van der Waals surface area contributed by atoms with Crippen molar-refractivity contribution in [2.45, 2.75) is 19.4 Å². The summed E-state index contributed by atoms with van der Waals surface area (Å²) in [6, 6.07) is 3.54. The Morgan fingerprint density at radius 2 is 1.86 bits per heavy atom. The number of aliphatic carboxylic acids is 1. The van der Waals surface area contributed by atoms with Crippen LogP contribution in [0.3, 0.4) is 0 Å². The van der Waals surface area contributed by atoms with Gasteiger partial charge in [0.2, 0.25) is 5.91 Å². The highest BCUT2D eigenvalue weighted by Crippen LogP contribution is 2.48. The lowest BCUT2D eigenvalue weighted by Crippen LogP contribution is -2.41. The Kier molecular flexibility index (Phi) is 3.49. The smallest absolute Gasteiger partial charge is 0.307 e. The molecule has 3 rings (SSSR count). The summed E-state index contributed by atoms with van der Waals surface area (Å²) in [4.78, 5) is 27.9. The number of nitrogens with one attached hydrogen (secondary N) is 1.